The maximum Gasteiger partial charge on any atom is 0.246 e. The minimum atomic E-state index is -0.371. The maximum absolute atomic E-state index is 12.0. The zero-order valence-corrected chi connectivity index (χ0v) is 24.0. The van der Waals surface area contributed by atoms with E-state index in [-0.39, 0.29) is 92.9 Å². The quantitative estimate of drug-likeness (QED) is 0.396. The molecule has 0 rings (SSSR count). The lowest BCUT2D eigenvalue weighted by Crippen LogP contribution is -2.40. The van der Waals surface area contributed by atoms with Crippen molar-refractivity contribution < 1.29 is 28.6 Å². The van der Waals surface area contributed by atoms with Crippen molar-refractivity contribution in [2.45, 2.75) is 134 Å². The standard InChI is InChI=1S/C16H31NO4.C10H21NO2.2CH4/c1-11(12(2)21-16(6,7)8)13(18)9-17-14(19)10-20-15(3,4)5;1-7(9(12)6-11)8(2)13-10(3,4)5;;/h11-12H,9-10H2,1-8H3,(H,17,19);7-8H,6,11H2,1-5H3;2*1H4/t11-,12?;7-,8?;;/m00../s1. The van der Waals surface area contributed by atoms with Crippen LogP contribution in [0.2, 0.25) is 0 Å². The molecule has 8 nitrogen and oxygen atoms in total. The predicted molar refractivity (Wildman–Crippen MR) is 150 cm³/mol. The van der Waals surface area contributed by atoms with Gasteiger partial charge in [0.05, 0.1) is 42.1 Å². The van der Waals surface area contributed by atoms with Crippen molar-refractivity contribution in [3.8, 4) is 0 Å². The van der Waals surface area contributed by atoms with Crippen molar-refractivity contribution in [2.75, 3.05) is 19.7 Å². The minimum absolute atomic E-state index is 0. The summed E-state index contributed by atoms with van der Waals surface area (Å²) >= 11 is 0. The summed E-state index contributed by atoms with van der Waals surface area (Å²) in [4.78, 5) is 34.9. The molecule has 1 amide bonds. The number of ether oxygens (including phenoxy) is 3. The van der Waals surface area contributed by atoms with E-state index in [0.717, 1.165) is 0 Å². The van der Waals surface area contributed by atoms with Crippen LogP contribution in [0.4, 0.5) is 0 Å². The highest BCUT2D eigenvalue weighted by molar-refractivity contribution is 5.88. The lowest BCUT2D eigenvalue weighted by Gasteiger charge is -2.28. The Hall–Kier alpha value is -1.35. The van der Waals surface area contributed by atoms with Crippen LogP contribution in [0.15, 0.2) is 0 Å². The number of ketones is 2. The number of hydrogen-bond acceptors (Lipinski definition) is 7. The smallest absolute Gasteiger partial charge is 0.246 e. The average Bonchev–Trinajstić information content (AvgIpc) is 2.65. The van der Waals surface area contributed by atoms with Crippen LogP contribution in [0.3, 0.4) is 0 Å². The summed E-state index contributed by atoms with van der Waals surface area (Å²) in [5.41, 5.74) is 4.40. The summed E-state index contributed by atoms with van der Waals surface area (Å²) in [6.45, 7) is 24.9. The lowest BCUT2D eigenvalue weighted by molar-refractivity contribution is -0.136. The molecule has 0 radical (unpaired) electrons. The Morgan fingerprint density at radius 2 is 1.06 bits per heavy atom. The highest BCUT2D eigenvalue weighted by Gasteiger charge is 2.26. The largest absolute Gasteiger partial charge is 0.372 e. The Labute approximate surface area is 222 Å². The molecular formula is C28H60N2O6. The molecule has 218 valence electrons. The van der Waals surface area contributed by atoms with Crippen LogP contribution in [-0.4, -0.2) is 66.2 Å². The summed E-state index contributed by atoms with van der Waals surface area (Å²) in [6.07, 6.45) is -0.267. The number of carbonyl (C=O) groups excluding carboxylic acids is 3. The van der Waals surface area contributed by atoms with Crippen molar-refractivity contribution in [1.82, 2.24) is 5.32 Å². The summed E-state index contributed by atoms with van der Waals surface area (Å²) in [6, 6.07) is 0. The molecule has 4 atom stereocenters. The molecular weight excluding hydrogens is 460 g/mol. The van der Waals surface area contributed by atoms with E-state index in [0.29, 0.717) is 0 Å². The number of nitrogens with two attached hydrogens (primary N) is 1. The average molecular weight is 521 g/mol. The Morgan fingerprint density at radius 3 is 1.36 bits per heavy atom. The number of nitrogens with one attached hydrogen (secondary N) is 1. The molecule has 3 N–H and O–H groups in total. The molecule has 8 heteroatoms. The third kappa shape index (κ3) is 23.1. The number of Topliss-reactive ketones (excluding diaryl/α,β-unsaturated/α-hetero) is 2. The Balaban J connectivity index is -0.000000297. The fourth-order valence-corrected chi connectivity index (χ4v) is 2.71. The SMILES string of the molecule is C.C.CC(OC(C)(C)C)[C@H](C)C(=O)CN.CC(OC(C)(C)C)[C@H](C)C(=O)CNC(=O)COC(C)(C)C. The number of carbonyl (C=O) groups is 3. The second-order valence-corrected chi connectivity index (χ2v) is 11.8. The van der Waals surface area contributed by atoms with Gasteiger partial charge in [-0.1, -0.05) is 28.7 Å². The molecule has 36 heavy (non-hydrogen) atoms. The van der Waals surface area contributed by atoms with Crippen molar-refractivity contribution >= 4 is 17.5 Å². The van der Waals surface area contributed by atoms with E-state index in [4.69, 9.17) is 19.9 Å². The van der Waals surface area contributed by atoms with E-state index in [1.165, 1.54) is 0 Å². The van der Waals surface area contributed by atoms with Crippen molar-refractivity contribution in [1.29, 1.82) is 0 Å². The molecule has 0 aliphatic rings. The van der Waals surface area contributed by atoms with Gasteiger partial charge in [-0.3, -0.25) is 14.4 Å². The van der Waals surface area contributed by atoms with Gasteiger partial charge in [0.1, 0.15) is 6.61 Å². The number of rotatable bonds is 11. The second kappa shape index (κ2) is 18.0. The van der Waals surface area contributed by atoms with Gasteiger partial charge in [-0.05, 0) is 76.2 Å². The van der Waals surface area contributed by atoms with E-state index < -0.39 is 0 Å². The molecule has 0 spiro atoms. The van der Waals surface area contributed by atoms with Gasteiger partial charge in [0.2, 0.25) is 5.91 Å². The zero-order valence-electron chi connectivity index (χ0n) is 24.0. The van der Waals surface area contributed by atoms with Crippen LogP contribution in [0.5, 0.6) is 0 Å². The van der Waals surface area contributed by atoms with Crippen molar-refractivity contribution in [3.05, 3.63) is 0 Å². The third-order valence-corrected chi connectivity index (χ3v) is 4.80. The van der Waals surface area contributed by atoms with Gasteiger partial charge in [-0.25, -0.2) is 0 Å². The highest BCUT2D eigenvalue weighted by atomic mass is 16.5. The van der Waals surface area contributed by atoms with Crippen LogP contribution in [-0.2, 0) is 28.6 Å². The molecule has 0 aliphatic heterocycles. The van der Waals surface area contributed by atoms with E-state index in [1.54, 1.807) is 0 Å². The van der Waals surface area contributed by atoms with Gasteiger partial charge in [-0.15, -0.1) is 0 Å². The monoisotopic (exact) mass is 520 g/mol. The fourth-order valence-electron chi connectivity index (χ4n) is 2.71. The van der Waals surface area contributed by atoms with Crippen molar-refractivity contribution in [3.63, 3.8) is 0 Å². The molecule has 2 unspecified atom stereocenters. The van der Waals surface area contributed by atoms with E-state index >= 15 is 0 Å². The lowest BCUT2D eigenvalue weighted by atomic mass is 9.99. The Morgan fingerprint density at radius 1 is 0.694 bits per heavy atom. The Bertz CT molecular complexity index is 629. The third-order valence-electron chi connectivity index (χ3n) is 4.80. The second-order valence-electron chi connectivity index (χ2n) is 11.8. The molecule has 0 aromatic heterocycles. The van der Waals surface area contributed by atoms with E-state index in [9.17, 15) is 14.4 Å². The molecule has 0 saturated heterocycles. The van der Waals surface area contributed by atoms with Crippen LogP contribution >= 0.6 is 0 Å². The summed E-state index contributed by atoms with van der Waals surface area (Å²) in [5, 5.41) is 2.58. The predicted octanol–water partition coefficient (Wildman–Crippen LogP) is 4.95. The van der Waals surface area contributed by atoms with Crippen LogP contribution in [0, 0.1) is 11.8 Å². The first-order valence-corrected chi connectivity index (χ1v) is 12.1. The van der Waals surface area contributed by atoms with Gasteiger partial charge >= 0.3 is 0 Å². The number of hydrogen-bond donors (Lipinski definition) is 2. The van der Waals surface area contributed by atoms with Gasteiger partial charge in [0.15, 0.2) is 11.6 Å². The molecule has 0 heterocycles. The first-order valence-electron chi connectivity index (χ1n) is 12.1. The van der Waals surface area contributed by atoms with Gasteiger partial charge in [0, 0.05) is 11.8 Å². The van der Waals surface area contributed by atoms with Crippen LogP contribution in [0.25, 0.3) is 0 Å². The molecule has 0 fully saturated rings. The zero-order chi connectivity index (χ0) is 27.5. The Kier molecular flexibility index (Phi) is 20.9. The van der Waals surface area contributed by atoms with Gasteiger partial charge in [-0.2, -0.15) is 0 Å². The van der Waals surface area contributed by atoms with Crippen LogP contribution in [0.1, 0.15) is 105 Å². The van der Waals surface area contributed by atoms with E-state index in [2.05, 4.69) is 5.32 Å². The summed E-state index contributed by atoms with van der Waals surface area (Å²) in [5.74, 6) is -0.667. The first-order chi connectivity index (χ1) is 15.1. The molecule has 0 saturated carbocycles. The fraction of sp³-hybridized carbons (Fsp3) is 0.893. The molecule has 0 aromatic rings. The number of amides is 1. The van der Waals surface area contributed by atoms with Crippen LogP contribution < -0.4 is 11.1 Å². The van der Waals surface area contributed by atoms with Crippen molar-refractivity contribution in [2.24, 2.45) is 17.6 Å². The molecule has 0 bridgehead atoms. The van der Waals surface area contributed by atoms with Gasteiger partial charge in [0.25, 0.3) is 0 Å². The topological polar surface area (TPSA) is 117 Å². The summed E-state index contributed by atoms with van der Waals surface area (Å²) in [7, 11) is 0. The van der Waals surface area contributed by atoms with Gasteiger partial charge < -0.3 is 25.3 Å². The summed E-state index contributed by atoms with van der Waals surface area (Å²) < 4.78 is 16.8. The first kappa shape index (κ1) is 41.8. The maximum atomic E-state index is 12.0. The normalized spacial score (nSPS) is 15.1. The molecule has 0 aromatic carbocycles. The van der Waals surface area contributed by atoms with E-state index in [1.807, 2.05) is 90.0 Å². The minimum Gasteiger partial charge on any atom is -0.372 e. The highest BCUT2D eigenvalue weighted by Crippen LogP contribution is 2.18. The molecule has 0 aliphatic carbocycles.